The molecule has 1 nitrogen and oxygen atoms in total. The number of benzene rings is 2. The molecule has 0 aliphatic heterocycles. The van der Waals surface area contributed by atoms with Gasteiger partial charge < -0.3 is 4.74 Å². The van der Waals surface area contributed by atoms with Crippen LogP contribution in [0.4, 0.5) is 0 Å². The third-order valence-electron chi connectivity index (χ3n) is 2.32. The summed E-state index contributed by atoms with van der Waals surface area (Å²) >= 11 is 9.30. The highest BCUT2D eigenvalue weighted by atomic mass is 79.9. The van der Waals surface area contributed by atoms with Crippen molar-refractivity contribution in [2.75, 3.05) is 7.11 Å². The van der Waals surface area contributed by atoms with Crippen molar-refractivity contribution < 1.29 is 4.74 Å². The minimum Gasteiger partial charge on any atom is -0.497 e. The topological polar surface area (TPSA) is 9.23 Å². The molecule has 15 heavy (non-hydrogen) atoms. The Morgan fingerprint density at radius 1 is 1.13 bits per heavy atom. The minimum absolute atomic E-state index is 0.145. The summed E-state index contributed by atoms with van der Waals surface area (Å²) in [4.78, 5) is 0. The third-order valence-corrected chi connectivity index (χ3v) is 3.10. The van der Waals surface area contributed by atoms with E-state index in [2.05, 4.69) is 28.1 Å². The molecule has 2 rings (SSSR count). The molecule has 0 saturated carbocycles. The fourth-order valence-electron chi connectivity index (χ4n) is 1.51. The lowest BCUT2D eigenvalue weighted by Crippen LogP contribution is -1.84. The van der Waals surface area contributed by atoms with Gasteiger partial charge in [-0.15, -0.1) is 11.6 Å². The summed E-state index contributed by atoms with van der Waals surface area (Å²) in [7, 11) is 1.67. The number of rotatable bonds is 2. The molecule has 3 heteroatoms. The zero-order valence-electron chi connectivity index (χ0n) is 8.21. The summed E-state index contributed by atoms with van der Waals surface area (Å²) in [5.41, 5.74) is 1.05. The number of hydrogen-bond donors (Lipinski definition) is 0. The molecule has 0 amide bonds. The van der Waals surface area contributed by atoms with Crippen LogP contribution in [0, 0.1) is 0 Å². The number of alkyl halides is 2. The second-order valence-corrected chi connectivity index (χ2v) is 5.15. The van der Waals surface area contributed by atoms with Crippen molar-refractivity contribution >= 4 is 38.3 Å². The molecule has 0 heterocycles. The lowest BCUT2D eigenvalue weighted by molar-refractivity contribution is 0.415. The van der Waals surface area contributed by atoms with Gasteiger partial charge in [-0.1, -0.05) is 34.1 Å². The largest absolute Gasteiger partial charge is 0.497 e. The Morgan fingerprint density at radius 3 is 2.53 bits per heavy atom. The van der Waals surface area contributed by atoms with Gasteiger partial charge in [0.05, 0.1) is 7.11 Å². The van der Waals surface area contributed by atoms with Crippen LogP contribution in [0.25, 0.3) is 10.8 Å². The Bertz CT molecular complexity index is 482. The van der Waals surface area contributed by atoms with Gasteiger partial charge in [0, 0.05) is 0 Å². The molecule has 2 aromatic carbocycles. The predicted octanol–water partition coefficient (Wildman–Crippen LogP) is 4.48. The number of ether oxygens (including phenoxy) is 1. The molecule has 0 bridgehead atoms. The van der Waals surface area contributed by atoms with E-state index in [-0.39, 0.29) is 4.29 Å². The summed E-state index contributed by atoms with van der Waals surface area (Å²) in [6.45, 7) is 0. The normalized spacial score (nSPS) is 12.7. The molecule has 0 radical (unpaired) electrons. The van der Waals surface area contributed by atoms with Crippen LogP contribution in [-0.2, 0) is 0 Å². The zero-order chi connectivity index (χ0) is 10.8. The smallest absolute Gasteiger partial charge is 0.119 e. The summed E-state index contributed by atoms with van der Waals surface area (Å²) in [5.74, 6) is 0.861. The second kappa shape index (κ2) is 4.42. The van der Waals surface area contributed by atoms with Gasteiger partial charge in [0.15, 0.2) is 0 Å². The van der Waals surface area contributed by atoms with Crippen LogP contribution in [-0.4, -0.2) is 7.11 Å². The summed E-state index contributed by atoms with van der Waals surface area (Å²) in [6.07, 6.45) is 0. The quantitative estimate of drug-likeness (QED) is 0.739. The number of methoxy groups -OCH3 is 1. The average molecular weight is 286 g/mol. The van der Waals surface area contributed by atoms with Crippen molar-refractivity contribution in [3.8, 4) is 5.75 Å². The Balaban J connectivity index is 2.57. The van der Waals surface area contributed by atoms with Gasteiger partial charge in [-0.2, -0.15) is 0 Å². The monoisotopic (exact) mass is 284 g/mol. The maximum Gasteiger partial charge on any atom is 0.119 e. The van der Waals surface area contributed by atoms with Crippen molar-refractivity contribution in [3.63, 3.8) is 0 Å². The molecule has 1 unspecified atom stereocenters. The first-order valence-corrected chi connectivity index (χ1v) is 5.92. The van der Waals surface area contributed by atoms with Gasteiger partial charge in [-0.3, -0.25) is 0 Å². The maximum atomic E-state index is 5.96. The molecule has 0 N–H and O–H groups in total. The van der Waals surface area contributed by atoms with Gasteiger partial charge in [0.1, 0.15) is 10.0 Å². The van der Waals surface area contributed by atoms with Gasteiger partial charge in [-0.25, -0.2) is 0 Å². The molecule has 0 aliphatic carbocycles. The molecule has 0 aromatic heterocycles. The minimum atomic E-state index is -0.145. The third kappa shape index (κ3) is 2.27. The van der Waals surface area contributed by atoms with Crippen LogP contribution in [0.2, 0.25) is 0 Å². The van der Waals surface area contributed by atoms with E-state index in [1.165, 1.54) is 5.39 Å². The van der Waals surface area contributed by atoms with E-state index in [1.54, 1.807) is 7.11 Å². The molecule has 0 saturated heterocycles. The van der Waals surface area contributed by atoms with Crippen LogP contribution in [0.15, 0.2) is 36.4 Å². The van der Waals surface area contributed by atoms with E-state index < -0.39 is 0 Å². The van der Waals surface area contributed by atoms with Crippen molar-refractivity contribution in [1.82, 2.24) is 0 Å². The SMILES string of the molecule is COc1ccc2ccc(C(Cl)Br)cc2c1. The van der Waals surface area contributed by atoms with E-state index in [4.69, 9.17) is 16.3 Å². The average Bonchev–Trinajstić information content (AvgIpc) is 2.27. The Kier molecular flexibility index (Phi) is 3.17. The Hall–Kier alpha value is -0.730. The van der Waals surface area contributed by atoms with Crippen LogP contribution in [0.1, 0.15) is 9.85 Å². The maximum absolute atomic E-state index is 5.96. The van der Waals surface area contributed by atoms with Crippen molar-refractivity contribution in [2.45, 2.75) is 4.29 Å². The van der Waals surface area contributed by atoms with Crippen LogP contribution < -0.4 is 4.74 Å². The molecule has 0 fully saturated rings. The van der Waals surface area contributed by atoms with E-state index in [0.717, 1.165) is 16.7 Å². The van der Waals surface area contributed by atoms with E-state index in [0.29, 0.717) is 0 Å². The first kappa shape index (κ1) is 10.8. The van der Waals surface area contributed by atoms with Crippen LogP contribution in [0.5, 0.6) is 5.75 Å². The summed E-state index contributed by atoms with van der Waals surface area (Å²) in [5, 5.41) is 2.32. The van der Waals surface area contributed by atoms with E-state index in [1.807, 2.05) is 24.3 Å². The Morgan fingerprint density at radius 2 is 1.87 bits per heavy atom. The number of hydrogen-bond acceptors (Lipinski definition) is 1. The standard InChI is InChI=1S/C12H10BrClO/c1-15-11-5-4-8-2-3-9(12(13)14)6-10(8)7-11/h2-7,12H,1H3. The number of fused-ring (bicyclic) bond motifs is 1. The highest BCUT2D eigenvalue weighted by Gasteiger charge is 2.04. The first-order valence-electron chi connectivity index (χ1n) is 4.56. The second-order valence-electron chi connectivity index (χ2n) is 3.27. The first-order chi connectivity index (χ1) is 7.20. The molecule has 0 aliphatic rings. The summed E-state index contributed by atoms with van der Waals surface area (Å²) in [6, 6.07) is 12.1. The molecule has 78 valence electrons. The highest BCUT2D eigenvalue weighted by Crippen LogP contribution is 2.30. The van der Waals surface area contributed by atoms with Gasteiger partial charge in [0.25, 0.3) is 0 Å². The lowest BCUT2D eigenvalue weighted by atomic mass is 10.1. The van der Waals surface area contributed by atoms with Crippen molar-refractivity contribution in [1.29, 1.82) is 0 Å². The van der Waals surface area contributed by atoms with Gasteiger partial charge in [-0.05, 0) is 34.5 Å². The molecular formula is C12H10BrClO. The predicted molar refractivity (Wildman–Crippen MR) is 68.0 cm³/mol. The number of halogens is 2. The molecular weight excluding hydrogens is 275 g/mol. The van der Waals surface area contributed by atoms with Gasteiger partial charge in [0.2, 0.25) is 0 Å². The summed E-state index contributed by atoms with van der Waals surface area (Å²) < 4.78 is 5.03. The van der Waals surface area contributed by atoms with Crippen LogP contribution in [0.3, 0.4) is 0 Å². The molecule has 0 spiro atoms. The lowest BCUT2D eigenvalue weighted by Gasteiger charge is -2.06. The molecule has 2 aromatic rings. The Labute approximate surface area is 102 Å². The molecule has 1 atom stereocenters. The fraction of sp³-hybridized carbons (Fsp3) is 0.167. The van der Waals surface area contributed by atoms with Gasteiger partial charge >= 0.3 is 0 Å². The fourth-order valence-corrected chi connectivity index (χ4v) is 1.93. The van der Waals surface area contributed by atoms with E-state index >= 15 is 0 Å². The highest BCUT2D eigenvalue weighted by molar-refractivity contribution is 9.09. The van der Waals surface area contributed by atoms with Crippen molar-refractivity contribution in [2.24, 2.45) is 0 Å². The van der Waals surface area contributed by atoms with E-state index in [9.17, 15) is 0 Å². The zero-order valence-corrected chi connectivity index (χ0v) is 10.5. The van der Waals surface area contributed by atoms with Crippen molar-refractivity contribution in [3.05, 3.63) is 42.0 Å². The van der Waals surface area contributed by atoms with Crippen LogP contribution >= 0.6 is 27.5 Å².